The van der Waals surface area contributed by atoms with Gasteiger partial charge in [0.1, 0.15) is 22.2 Å². The molecule has 2 aromatic heterocycles. The standard InChI is InChI=1S/C26H22N4O3S/c1-32-18-12-13-22(33-2)19(14-18)25-20(16-30(29-25)17-8-4-3-5-9-17)26(31)27-15-24-28-21-10-6-7-11-23(21)34-24/h3-14,16H,15H2,1-2H3,(H,27,31). The van der Waals surface area contributed by atoms with Crippen molar-refractivity contribution in [2.24, 2.45) is 0 Å². The fourth-order valence-corrected chi connectivity index (χ4v) is 4.60. The second-order valence-electron chi connectivity index (χ2n) is 7.50. The van der Waals surface area contributed by atoms with Gasteiger partial charge in [-0.15, -0.1) is 11.3 Å². The van der Waals surface area contributed by atoms with E-state index in [0.29, 0.717) is 34.9 Å². The Hall–Kier alpha value is -4.17. The summed E-state index contributed by atoms with van der Waals surface area (Å²) in [4.78, 5) is 18.0. The van der Waals surface area contributed by atoms with Crippen LogP contribution in [0.1, 0.15) is 15.4 Å². The highest BCUT2D eigenvalue weighted by molar-refractivity contribution is 7.18. The second-order valence-corrected chi connectivity index (χ2v) is 8.61. The lowest BCUT2D eigenvalue weighted by atomic mass is 10.1. The van der Waals surface area contributed by atoms with Crippen molar-refractivity contribution in [3.63, 3.8) is 0 Å². The van der Waals surface area contributed by atoms with E-state index in [1.54, 1.807) is 42.5 Å². The molecule has 0 unspecified atom stereocenters. The Morgan fingerprint density at radius 2 is 1.79 bits per heavy atom. The Kier molecular flexibility index (Phi) is 5.97. The Morgan fingerprint density at radius 1 is 1.00 bits per heavy atom. The van der Waals surface area contributed by atoms with E-state index < -0.39 is 0 Å². The van der Waals surface area contributed by atoms with Gasteiger partial charge in [-0.05, 0) is 42.5 Å². The lowest BCUT2D eigenvalue weighted by Gasteiger charge is -2.10. The minimum Gasteiger partial charge on any atom is -0.497 e. The van der Waals surface area contributed by atoms with Crippen molar-refractivity contribution in [2.45, 2.75) is 6.54 Å². The monoisotopic (exact) mass is 470 g/mol. The number of carbonyl (C=O) groups is 1. The van der Waals surface area contributed by atoms with Crippen LogP contribution in [0.4, 0.5) is 0 Å². The molecule has 0 aliphatic carbocycles. The zero-order chi connectivity index (χ0) is 23.5. The fourth-order valence-electron chi connectivity index (χ4n) is 3.70. The quantitative estimate of drug-likeness (QED) is 0.358. The number of rotatable bonds is 7. The highest BCUT2D eigenvalue weighted by atomic mass is 32.1. The first-order chi connectivity index (χ1) is 16.7. The number of amides is 1. The summed E-state index contributed by atoms with van der Waals surface area (Å²) in [7, 11) is 3.19. The van der Waals surface area contributed by atoms with E-state index in [9.17, 15) is 4.79 Å². The van der Waals surface area contributed by atoms with Gasteiger partial charge in [0.05, 0.1) is 42.2 Å². The molecule has 0 saturated heterocycles. The van der Waals surface area contributed by atoms with Crippen LogP contribution < -0.4 is 14.8 Å². The van der Waals surface area contributed by atoms with Crippen LogP contribution in [0.2, 0.25) is 0 Å². The molecule has 3 aromatic carbocycles. The molecular formula is C26H22N4O3S. The fraction of sp³-hybridized carbons (Fsp3) is 0.115. The highest BCUT2D eigenvalue weighted by Crippen LogP contribution is 2.35. The molecule has 5 aromatic rings. The van der Waals surface area contributed by atoms with Crippen molar-refractivity contribution in [2.75, 3.05) is 14.2 Å². The van der Waals surface area contributed by atoms with Gasteiger partial charge in [-0.25, -0.2) is 9.67 Å². The first-order valence-electron chi connectivity index (χ1n) is 10.7. The Morgan fingerprint density at radius 3 is 2.56 bits per heavy atom. The second kappa shape index (κ2) is 9.36. The van der Waals surface area contributed by atoms with Crippen LogP contribution in [0.3, 0.4) is 0 Å². The summed E-state index contributed by atoms with van der Waals surface area (Å²) in [6.07, 6.45) is 1.73. The maximum absolute atomic E-state index is 13.4. The van der Waals surface area contributed by atoms with Crippen molar-refractivity contribution in [1.29, 1.82) is 0 Å². The Balaban J connectivity index is 1.52. The molecule has 34 heavy (non-hydrogen) atoms. The molecule has 0 aliphatic rings. The van der Waals surface area contributed by atoms with Gasteiger partial charge in [0.25, 0.3) is 5.91 Å². The van der Waals surface area contributed by atoms with Crippen molar-refractivity contribution in [1.82, 2.24) is 20.1 Å². The van der Waals surface area contributed by atoms with E-state index in [4.69, 9.17) is 14.6 Å². The molecule has 1 amide bonds. The van der Waals surface area contributed by atoms with Crippen LogP contribution in [0.15, 0.2) is 79.0 Å². The average molecular weight is 471 g/mol. The van der Waals surface area contributed by atoms with E-state index in [2.05, 4.69) is 10.3 Å². The number of nitrogens with one attached hydrogen (secondary N) is 1. The van der Waals surface area contributed by atoms with Crippen LogP contribution in [0.5, 0.6) is 11.5 Å². The molecule has 8 heteroatoms. The topological polar surface area (TPSA) is 78.3 Å². The number of benzene rings is 3. The number of fused-ring (bicyclic) bond motifs is 1. The minimum atomic E-state index is -0.249. The van der Waals surface area contributed by atoms with Crippen LogP contribution >= 0.6 is 11.3 Å². The number of carbonyl (C=O) groups excluding carboxylic acids is 1. The van der Waals surface area contributed by atoms with Crippen molar-refractivity contribution < 1.29 is 14.3 Å². The molecule has 0 radical (unpaired) electrons. The largest absolute Gasteiger partial charge is 0.497 e. The van der Waals surface area contributed by atoms with Gasteiger partial charge in [0.15, 0.2) is 0 Å². The van der Waals surface area contributed by atoms with Gasteiger partial charge >= 0.3 is 0 Å². The number of hydrogen-bond acceptors (Lipinski definition) is 6. The summed E-state index contributed by atoms with van der Waals surface area (Å²) in [5.41, 5.74) is 3.37. The number of nitrogens with zero attached hydrogens (tertiary/aromatic N) is 3. The number of aromatic nitrogens is 3. The lowest BCUT2D eigenvalue weighted by Crippen LogP contribution is -2.23. The molecule has 0 bridgehead atoms. The normalized spacial score (nSPS) is 10.9. The molecule has 7 nitrogen and oxygen atoms in total. The predicted octanol–water partition coefficient (Wildman–Crippen LogP) is 5.10. The minimum absolute atomic E-state index is 0.249. The molecule has 0 fully saturated rings. The molecule has 0 aliphatic heterocycles. The Bertz CT molecular complexity index is 1430. The summed E-state index contributed by atoms with van der Waals surface area (Å²) in [5.74, 6) is 0.992. The summed E-state index contributed by atoms with van der Waals surface area (Å²) in [6, 6.07) is 23.0. The summed E-state index contributed by atoms with van der Waals surface area (Å²) in [6.45, 7) is 0.323. The third kappa shape index (κ3) is 4.23. The lowest BCUT2D eigenvalue weighted by molar-refractivity contribution is 0.0951. The molecule has 2 heterocycles. The molecule has 1 N–H and O–H groups in total. The van der Waals surface area contributed by atoms with Gasteiger partial charge in [0.2, 0.25) is 0 Å². The van der Waals surface area contributed by atoms with Crippen molar-refractivity contribution >= 4 is 27.5 Å². The number of thiazole rings is 1. The molecular weight excluding hydrogens is 448 g/mol. The van der Waals surface area contributed by atoms with E-state index in [1.165, 1.54) is 0 Å². The van der Waals surface area contributed by atoms with Gasteiger partial charge in [-0.2, -0.15) is 5.10 Å². The van der Waals surface area contributed by atoms with Crippen LogP contribution in [0.25, 0.3) is 27.2 Å². The first-order valence-corrected chi connectivity index (χ1v) is 11.5. The smallest absolute Gasteiger partial charge is 0.255 e. The van der Waals surface area contributed by atoms with Gasteiger partial charge in [0, 0.05) is 11.8 Å². The summed E-state index contributed by atoms with van der Waals surface area (Å²) < 4.78 is 13.8. The van der Waals surface area contributed by atoms with Crippen LogP contribution in [0, 0.1) is 0 Å². The maximum atomic E-state index is 13.4. The molecule has 0 spiro atoms. The van der Waals surface area contributed by atoms with Crippen molar-refractivity contribution in [3.8, 4) is 28.4 Å². The SMILES string of the molecule is COc1ccc(OC)c(-c2nn(-c3ccccc3)cc2C(=O)NCc2nc3ccccc3s2)c1. The van der Waals surface area contributed by atoms with E-state index in [1.807, 2.05) is 66.7 Å². The first kappa shape index (κ1) is 21.7. The molecule has 0 atom stereocenters. The summed E-state index contributed by atoms with van der Waals surface area (Å²) >= 11 is 1.56. The van der Waals surface area contributed by atoms with Gasteiger partial charge in [-0.1, -0.05) is 30.3 Å². The number of methoxy groups -OCH3 is 2. The van der Waals surface area contributed by atoms with E-state index >= 15 is 0 Å². The maximum Gasteiger partial charge on any atom is 0.255 e. The van der Waals surface area contributed by atoms with Crippen molar-refractivity contribution in [3.05, 3.63) is 89.6 Å². The number of ether oxygens (including phenoxy) is 2. The van der Waals surface area contributed by atoms with Crippen LogP contribution in [-0.4, -0.2) is 34.9 Å². The predicted molar refractivity (Wildman–Crippen MR) is 133 cm³/mol. The number of para-hydroxylation sites is 2. The van der Waals surface area contributed by atoms with E-state index in [-0.39, 0.29) is 5.91 Å². The van der Waals surface area contributed by atoms with Gasteiger partial charge < -0.3 is 14.8 Å². The molecule has 170 valence electrons. The van der Waals surface area contributed by atoms with Gasteiger partial charge in [-0.3, -0.25) is 4.79 Å². The van der Waals surface area contributed by atoms with Crippen LogP contribution in [-0.2, 0) is 6.54 Å². The zero-order valence-corrected chi connectivity index (χ0v) is 19.5. The highest BCUT2D eigenvalue weighted by Gasteiger charge is 2.22. The average Bonchev–Trinajstić information content (AvgIpc) is 3.52. The summed E-state index contributed by atoms with van der Waals surface area (Å²) in [5, 5.41) is 8.59. The van der Waals surface area contributed by atoms with E-state index in [0.717, 1.165) is 20.9 Å². The number of hydrogen-bond donors (Lipinski definition) is 1. The molecule has 5 rings (SSSR count). The molecule has 0 saturated carbocycles. The third-order valence-corrected chi connectivity index (χ3v) is 6.42. The zero-order valence-electron chi connectivity index (χ0n) is 18.7. The third-order valence-electron chi connectivity index (χ3n) is 5.38. The Labute approximate surface area is 200 Å².